The SMILES string of the molecule is COC1CCN(c2ccc(NC(=O)c3ccc(Oc4ccccc4)cc3)cc2)CC1. The highest BCUT2D eigenvalue weighted by Crippen LogP contribution is 2.24. The van der Waals surface area contributed by atoms with Crippen LogP contribution in [0, 0.1) is 0 Å². The Balaban J connectivity index is 1.33. The number of piperidine rings is 1. The van der Waals surface area contributed by atoms with Crippen molar-refractivity contribution in [2.24, 2.45) is 0 Å². The quantitative estimate of drug-likeness (QED) is 0.604. The van der Waals surface area contributed by atoms with Gasteiger partial charge < -0.3 is 19.7 Å². The molecule has 1 amide bonds. The molecular weight excluding hydrogens is 376 g/mol. The Morgan fingerprint density at radius 3 is 2.13 bits per heavy atom. The van der Waals surface area contributed by atoms with Gasteiger partial charge in [-0.15, -0.1) is 0 Å². The van der Waals surface area contributed by atoms with Crippen molar-refractivity contribution >= 4 is 17.3 Å². The lowest BCUT2D eigenvalue weighted by Gasteiger charge is -2.33. The van der Waals surface area contributed by atoms with Gasteiger partial charge in [-0.05, 0) is 73.5 Å². The summed E-state index contributed by atoms with van der Waals surface area (Å²) in [5.41, 5.74) is 2.53. The summed E-state index contributed by atoms with van der Waals surface area (Å²) < 4.78 is 11.2. The van der Waals surface area contributed by atoms with Crippen LogP contribution in [0.5, 0.6) is 11.5 Å². The Bertz CT molecular complexity index is 948. The number of anilines is 2. The van der Waals surface area contributed by atoms with E-state index in [0.717, 1.165) is 37.4 Å². The highest BCUT2D eigenvalue weighted by Gasteiger charge is 2.18. The van der Waals surface area contributed by atoms with E-state index in [2.05, 4.69) is 22.3 Å². The van der Waals surface area contributed by atoms with Crippen molar-refractivity contribution in [3.05, 3.63) is 84.4 Å². The lowest BCUT2D eigenvalue weighted by Crippen LogP contribution is -2.36. The number of nitrogens with one attached hydrogen (secondary N) is 1. The van der Waals surface area contributed by atoms with Crippen LogP contribution in [0.1, 0.15) is 23.2 Å². The molecule has 30 heavy (non-hydrogen) atoms. The molecule has 5 heteroatoms. The summed E-state index contributed by atoms with van der Waals surface area (Å²) in [6.45, 7) is 1.98. The number of nitrogens with zero attached hydrogens (tertiary/aromatic N) is 1. The van der Waals surface area contributed by atoms with E-state index < -0.39 is 0 Å². The van der Waals surface area contributed by atoms with Crippen LogP contribution in [0.2, 0.25) is 0 Å². The van der Waals surface area contributed by atoms with E-state index in [9.17, 15) is 4.79 Å². The van der Waals surface area contributed by atoms with Crippen molar-refractivity contribution in [3.8, 4) is 11.5 Å². The molecule has 0 unspecified atom stereocenters. The maximum absolute atomic E-state index is 12.6. The molecule has 1 N–H and O–H groups in total. The molecule has 0 atom stereocenters. The third-order valence-corrected chi connectivity index (χ3v) is 5.36. The molecule has 0 radical (unpaired) electrons. The zero-order valence-electron chi connectivity index (χ0n) is 17.1. The van der Waals surface area contributed by atoms with E-state index in [4.69, 9.17) is 9.47 Å². The van der Waals surface area contributed by atoms with E-state index in [1.165, 1.54) is 5.69 Å². The van der Waals surface area contributed by atoms with Crippen LogP contribution < -0.4 is 15.0 Å². The minimum absolute atomic E-state index is 0.144. The van der Waals surface area contributed by atoms with Gasteiger partial charge in [-0.2, -0.15) is 0 Å². The molecule has 154 valence electrons. The van der Waals surface area contributed by atoms with Crippen LogP contribution in [-0.2, 0) is 4.74 Å². The average molecular weight is 402 g/mol. The Hall–Kier alpha value is -3.31. The maximum atomic E-state index is 12.6. The third kappa shape index (κ3) is 4.99. The monoisotopic (exact) mass is 402 g/mol. The summed E-state index contributed by atoms with van der Waals surface area (Å²) >= 11 is 0. The maximum Gasteiger partial charge on any atom is 0.255 e. The van der Waals surface area contributed by atoms with Crippen molar-refractivity contribution in [3.63, 3.8) is 0 Å². The minimum Gasteiger partial charge on any atom is -0.457 e. The van der Waals surface area contributed by atoms with Gasteiger partial charge in [0.05, 0.1) is 6.10 Å². The molecule has 5 nitrogen and oxygen atoms in total. The Kier molecular flexibility index (Phi) is 6.30. The predicted molar refractivity (Wildman–Crippen MR) is 120 cm³/mol. The molecule has 1 heterocycles. The van der Waals surface area contributed by atoms with Crippen LogP contribution in [0.25, 0.3) is 0 Å². The lowest BCUT2D eigenvalue weighted by molar-refractivity contribution is 0.0819. The van der Waals surface area contributed by atoms with Crippen molar-refractivity contribution in [1.82, 2.24) is 0 Å². The van der Waals surface area contributed by atoms with Gasteiger partial charge in [0.2, 0.25) is 0 Å². The van der Waals surface area contributed by atoms with Gasteiger partial charge in [0.25, 0.3) is 5.91 Å². The van der Waals surface area contributed by atoms with Crippen LogP contribution in [0.15, 0.2) is 78.9 Å². The second kappa shape index (κ2) is 9.46. The second-order valence-electron chi connectivity index (χ2n) is 7.36. The van der Waals surface area contributed by atoms with Crippen molar-refractivity contribution in [1.29, 1.82) is 0 Å². The summed E-state index contributed by atoms with van der Waals surface area (Å²) in [5, 5.41) is 2.96. The second-order valence-corrected chi connectivity index (χ2v) is 7.36. The number of benzene rings is 3. The average Bonchev–Trinajstić information content (AvgIpc) is 2.81. The van der Waals surface area contributed by atoms with Gasteiger partial charge in [-0.3, -0.25) is 4.79 Å². The fourth-order valence-corrected chi connectivity index (χ4v) is 3.61. The molecular formula is C25H26N2O3. The fraction of sp³-hybridized carbons (Fsp3) is 0.240. The molecule has 4 rings (SSSR count). The molecule has 1 saturated heterocycles. The molecule has 0 bridgehead atoms. The van der Waals surface area contributed by atoms with Gasteiger partial charge in [0, 0.05) is 37.1 Å². The Morgan fingerprint density at radius 1 is 0.867 bits per heavy atom. The topological polar surface area (TPSA) is 50.8 Å². The number of carbonyl (C=O) groups is 1. The van der Waals surface area contributed by atoms with Crippen LogP contribution >= 0.6 is 0 Å². The summed E-state index contributed by atoms with van der Waals surface area (Å²) in [5.74, 6) is 1.32. The van der Waals surface area contributed by atoms with Crippen molar-refractivity contribution in [2.75, 3.05) is 30.4 Å². The fourth-order valence-electron chi connectivity index (χ4n) is 3.61. The number of hydrogen-bond acceptors (Lipinski definition) is 4. The van der Waals surface area contributed by atoms with Gasteiger partial charge in [-0.25, -0.2) is 0 Å². The Morgan fingerprint density at radius 2 is 1.50 bits per heavy atom. The van der Waals surface area contributed by atoms with E-state index in [0.29, 0.717) is 17.4 Å². The minimum atomic E-state index is -0.144. The number of para-hydroxylation sites is 1. The first-order chi connectivity index (χ1) is 14.7. The van der Waals surface area contributed by atoms with Crippen LogP contribution in [0.4, 0.5) is 11.4 Å². The van der Waals surface area contributed by atoms with Crippen LogP contribution in [-0.4, -0.2) is 32.2 Å². The van der Waals surface area contributed by atoms with E-state index >= 15 is 0 Å². The number of methoxy groups -OCH3 is 1. The summed E-state index contributed by atoms with van der Waals surface area (Å²) in [6, 6.07) is 24.7. The highest BCUT2D eigenvalue weighted by molar-refractivity contribution is 6.04. The standard InChI is InChI=1S/C25H26N2O3/c1-29-22-15-17-27(18-16-22)21-11-9-20(10-12-21)26-25(28)19-7-13-24(14-8-19)30-23-5-3-2-4-6-23/h2-14,22H,15-18H2,1H3,(H,26,28). The number of carbonyl (C=O) groups excluding carboxylic acids is 1. The summed E-state index contributed by atoms with van der Waals surface area (Å²) in [4.78, 5) is 14.9. The van der Waals surface area contributed by atoms with E-state index in [1.807, 2.05) is 42.5 Å². The zero-order chi connectivity index (χ0) is 20.8. The van der Waals surface area contributed by atoms with Gasteiger partial charge >= 0.3 is 0 Å². The molecule has 1 fully saturated rings. The largest absolute Gasteiger partial charge is 0.457 e. The number of hydrogen-bond donors (Lipinski definition) is 1. The zero-order valence-corrected chi connectivity index (χ0v) is 17.1. The van der Waals surface area contributed by atoms with Crippen LogP contribution in [0.3, 0.4) is 0 Å². The van der Waals surface area contributed by atoms with Gasteiger partial charge in [-0.1, -0.05) is 18.2 Å². The van der Waals surface area contributed by atoms with Crippen molar-refractivity contribution in [2.45, 2.75) is 18.9 Å². The van der Waals surface area contributed by atoms with E-state index in [-0.39, 0.29) is 5.91 Å². The van der Waals surface area contributed by atoms with Gasteiger partial charge in [0.15, 0.2) is 0 Å². The normalized spacial score (nSPS) is 14.4. The first-order valence-corrected chi connectivity index (χ1v) is 10.2. The predicted octanol–water partition coefficient (Wildman–Crippen LogP) is 5.35. The molecule has 0 aromatic heterocycles. The molecule has 0 aliphatic carbocycles. The number of amides is 1. The summed E-state index contributed by atoms with van der Waals surface area (Å²) in [6.07, 6.45) is 2.45. The number of ether oxygens (including phenoxy) is 2. The molecule has 1 aliphatic heterocycles. The number of rotatable bonds is 6. The molecule has 3 aromatic carbocycles. The molecule has 3 aromatic rings. The van der Waals surface area contributed by atoms with Gasteiger partial charge in [0.1, 0.15) is 11.5 Å². The summed E-state index contributed by atoms with van der Waals surface area (Å²) in [7, 11) is 1.78. The Labute approximate surface area is 177 Å². The van der Waals surface area contributed by atoms with E-state index in [1.54, 1.807) is 31.4 Å². The first-order valence-electron chi connectivity index (χ1n) is 10.2. The van der Waals surface area contributed by atoms with Crippen molar-refractivity contribution < 1.29 is 14.3 Å². The third-order valence-electron chi connectivity index (χ3n) is 5.36. The first kappa shape index (κ1) is 20.0. The molecule has 0 spiro atoms. The smallest absolute Gasteiger partial charge is 0.255 e. The molecule has 0 saturated carbocycles. The highest BCUT2D eigenvalue weighted by atomic mass is 16.5. The lowest BCUT2D eigenvalue weighted by atomic mass is 10.1. The molecule has 1 aliphatic rings.